The summed E-state index contributed by atoms with van der Waals surface area (Å²) < 4.78 is 0.158. The quantitative estimate of drug-likeness (QED) is 0.755. The van der Waals surface area contributed by atoms with Gasteiger partial charge in [-0.1, -0.05) is 30.3 Å². The molecule has 0 aromatic heterocycles. The van der Waals surface area contributed by atoms with Crippen LogP contribution in [0.3, 0.4) is 0 Å². The van der Waals surface area contributed by atoms with Gasteiger partial charge in [0.05, 0.1) is 12.6 Å². The lowest BCUT2D eigenvalue weighted by atomic mass is 10.1. The number of aliphatic hydroxyl groups is 1. The second-order valence-corrected chi connectivity index (χ2v) is 7.48. The standard InChI is InChI=1S/C16H24N2O2S/c1-16(8-5-9-21-16)12-17-15(20)18-14(11-19)10-13-6-3-2-4-7-13/h2-4,6-7,14,19H,5,8-12H2,1H3,(H2,17,18,20)/t14-,16+/m1/s1. The Kier molecular flexibility index (Phi) is 5.94. The van der Waals surface area contributed by atoms with Crippen LogP contribution in [0.2, 0.25) is 0 Å². The van der Waals surface area contributed by atoms with E-state index in [2.05, 4.69) is 17.6 Å². The molecule has 1 aliphatic rings. The van der Waals surface area contributed by atoms with E-state index in [-0.39, 0.29) is 23.4 Å². The van der Waals surface area contributed by atoms with E-state index < -0.39 is 0 Å². The van der Waals surface area contributed by atoms with Crippen LogP contribution < -0.4 is 10.6 Å². The molecular formula is C16H24N2O2S. The van der Waals surface area contributed by atoms with Crippen molar-refractivity contribution in [2.75, 3.05) is 18.9 Å². The van der Waals surface area contributed by atoms with E-state index in [4.69, 9.17) is 0 Å². The predicted octanol–water partition coefficient (Wildman–Crippen LogP) is 2.17. The molecule has 2 amide bonds. The first-order chi connectivity index (χ1) is 10.1. The zero-order chi connectivity index (χ0) is 15.1. The van der Waals surface area contributed by atoms with Gasteiger partial charge in [0.15, 0.2) is 0 Å². The van der Waals surface area contributed by atoms with Gasteiger partial charge in [0, 0.05) is 11.3 Å². The van der Waals surface area contributed by atoms with E-state index in [1.807, 2.05) is 42.1 Å². The predicted molar refractivity (Wildman–Crippen MR) is 87.7 cm³/mol. The van der Waals surface area contributed by atoms with E-state index in [1.54, 1.807) is 0 Å². The van der Waals surface area contributed by atoms with Gasteiger partial charge < -0.3 is 15.7 Å². The first-order valence-electron chi connectivity index (χ1n) is 7.44. The van der Waals surface area contributed by atoms with Gasteiger partial charge in [0.1, 0.15) is 0 Å². The van der Waals surface area contributed by atoms with Crippen molar-refractivity contribution in [2.24, 2.45) is 0 Å². The summed E-state index contributed by atoms with van der Waals surface area (Å²) in [4.78, 5) is 12.0. The summed E-state index contributed by atoms with van der Waals surface area (Å²) in [5, 5.41) is 15.2. The van der Waals surface area contributed by atoms with Crippen LogP contribution in [-0.2, 0) is 6.42 Å². The van der Waals surface area contributed by atoms with Crippen molar-refractivity contribution in [2.45, 2.75) is 37.0 Å². The van der Waals surface area contributed by atoms with Gasteiger partial charge in [-0.2, -0.15) is 11.8 Å². The van der Waals surface area contributed by atoms with Crippen LogP contribution in [0.15, 0.2) is 30.3 Å². The fourth-order valence-electron chi connectivity index (χ4n) is 2.54. The maximum absolute atomic E-state index is 12.0. The van der Waals surface area contributed by atoms with Crippen LogP contribution in [0.5, 0.6) is 0 Å². The molecule has 21 heavy (non-hydrogen) atoms. The Bertz CT molecular complexity index is 447. The van der Waals surface area contributed by atoms with Gasteiger partial charge in [-0.25, -0.2) is 4.79 Å². The Labute approximate surface area is 130 Å². The van der Waals surface area contributed by atoms with Crippen molar-refractivity contribution in [3.05, 3.63) is 35.9 Å². The number of urea groups is 1. The normalized spacial score (nSPS) is 22.8. The smallest absolute Gasteiger partial charge is 0.315 e. The molecule has 0 saturated carbocycles. The summed E-state index contributed by atoms with van der Waals surface area (Å²) in [6.45, 7) is 2.81. The van der Waals surface area contributed by atoms with Crippen LogP contribution >= 0.6 is 11.8 Å². The number of thioether (sulfide) groups is 1. The molecule has 1 aliphatic heterocycles. The molecule has 0 bridgehead atoms. The lowest BCUT2D eigenvalue weighted by Gasteiger charge is -2.24. The highest BCUT2D eigenvalue weighted by Gasteiger charge is 2.29. The molecule has 0 spiro atoms. The maximum Gasteiger partial charge on any atom is 0.315 e. The van der Waals surface area contributed by atoms with E-state index in [9.17, 15) is 9.90 Å². The molecule has 2 atom stereocenters. The fraction of sp³-hybridized carbons (Fsp3) is 0.562. The highest BCUT2D eigenvalue weighted by atomic mass is 32.2. The molecule has 2 rings (SSSR count). The molecule has 1 aromatic carbocycles. The minimum atomic E-state index is -0.253. The average molecular weight is 308 g/mol. The van der Waals surface area contributed by atoms with Crippen LogP contribution in [0.25, 0.3) is 0 Å². The number of benzene rings is 1. The van der Waals surface area contributed by atoms with Crippen LogP contribution in [0.1, 0.15) is 25.3 Å². The molecule has 5 heteroatoms. The topological polar surface area (TPSA) is 61.4 Å². The molecular weight excluding hydrogens is 284 g/mol. The Morgan fingerprint density at radius 2 is 2.19 bits per heavy atom. The molecule has 1 saturated heterocycles. The molecule has 3 N–H and O–H groups in total. The lowest BCUT2D eigenvalue weighted by molar-refractivity contribution is 0.215. The molecule has 1 heterocycles. The number of aliphatic hydroxyl groups excluding tert-OH is 1. The number of nitrogens with one attached hydrogen (secondary N) is 2. The highest BCUT2D eigenvalue weighted by Crippen LogP contribution is 2.36. The van der Waals surface area contributed by atoms with Crippen molar-refractivity contribution in [3.63, 3.8) is 0 Å². The Balaban J connectivity index is 1.77. The highest BCUT2D eigenvalue weighted by molar-refractivity contribution is 8.00. The molecule has 116 valence electrons. The summed E-state index contributed by atoms with van der Waals surface area (Å²) in [5.74, 6) is 1.17. The summed E-state index contributed by atoms with van der Waals surface area (Å²) in [6.07, 6.45) is 3.00. The summed E-state index contributed by atoms with van der Waals surface area (Å²) in [5.41, 5.74) is 1.11. The fourth-order valence-corrected chi connectivity index (χ4v) is 3.78. The molecule has 0 radical (unpaired) electrons. The Morgan fingerprint density at radius 1 is 1.43 bits per heavy atom. The lowest BCUT2D eigenvalue weighted by Crippen LogP contribution is -2.48. The maximum atomic E-state index is 12.0. The van der Waals surface area contributed by atoms with Gasteiger partial charge in [-0.15, -0.1) is 0 Å². The van der Waals surface area contributed by atoms with Crippen LogP contribution in [0, 0.1) is 0 Å². The van der Waals surface area contributed by atoms with Crippen molar-refractivity contribution in [1.29, 1.82) is 0 Å². The summed E-state index contributed by atoms with van der Waals surface area (Å²) in [6, 6.07) is 9.42. The van der Waals surface area contributed by atoms with Crippen molar-refractivity contribution in [3.8, 4) is 0 Å². The first kappa shape index (κ1) is 16.2. The second kappa shape index (κ2) is 7.71. The number of carbonyl (C=O) groups excluding carboxylic acids is 1. The third kappa shape index (κ3) is 5.25. The van der Waals surface area contributed by atoms with Gasteiger partial charge in [-0.3, -0.25) is 0 Å². The van der Waals surface area contributed by atoms with Gasteiger partial charge in [0.2, 0.25) is 0 Å². The summed E-state index contributed by atoms with van der Waals surface area (Å²) >= 11 is 1.92. The van der Waals surface area contributed by atoms with Crippen LogP contribution in [-0.4, -0.2) is 40.8 Å². The minimum Gasteiger partial charge on any atom is -0.394 e. The first-order valence-corrected chi connectivity index (χ1v) is 8.43. The molecule has 0 aliphatic carbocycles. The zero-order valence-electron chi connectivity index (χ0n) is 12.5. The van der Waals surface area contributed by atoms with Gasteiger partial charge in [-0.05, 0) is 37.5 Å². The molecule has 0 unspecified atom stereocenters. The van der Waals surface area contributed by atoms with Crippen LogP contribution in [0.4, 0.5) is 4.79 Å². The monoisotopic (exact) mass is 308 g/mol. The second-order valence-electron chi connectivity index (χ2n) is 5.80. The van der Waals surface area contributed by atoms with E-state index in [0.29, 0.717) is 13.0 Å². The molecule has 1 aromatic rings. The van der Waals surface area contributed by atoms with Crippen molar-refractivity contribution in [1.82, 2.24) is 10.6 Å². The number of amides is 2. The van der Waals surface area contributed by atoms with Crippen molar-refractivity contribution < 1.29 is 9.90 Å². The van der Waals surface area contributed by atoms with E-state index in [1.165, 1.54) is 12.2 Å². The number of carbonyl (C=O) groups is 1. The van der Waals surface area contributed by atoms with Gasteiger partial charge in [0.25, 0.3) is 0 Å². The number of hydrogen-bond donors (Lipinski definition) is 3. The summed E-state index contributed by atoms with van der Waals surface area (Å²) in [7, 11) is 0. The number of rotatable bonds is 6. The minimum absolute atomic E-state index is 0.0612. The number of hydrogen-bond acceptors (Lipinski definition) is 3. The largest absolute Gasteiger partial charge is 0.394 e. The van der Waals surface area contributed by atoms with E-state index in [0.717, 1.165) is 12.0 Å². The zero-order valence-corrected chi connectivity index (χ0v) is 13.3. The third-order valence-electron chi connectivity index (χ3n) is 3.80. The molecule has 1 fully saturated rings. The van der Waals surface area contributed by atoms with Gasteiger partial charge >= 0.3 is 6.03 Å². The SMILES string of the molecule is C[C@@]1(CNC(=O)N[C@@H](CO)Cc2ccccc2)CCCS1. The van der Waals surface area contributed by atoms with Crippen molar-refractivity contribution >= 4 is 17.8 Å². The Hall–Kier alpha value is -1.20. The molecule has 4 nitrogen and oxygen atoms in total. The Morgan fingerprint density at radius 3 is 2.81 bits per heavy atom. The third-order valence-corrected chi connectivity index (χ3v) is 5.34. The average Bonchev–Trinajstić information content (AvgIpc) is 2.93. The van der Waals surface area contributed by atoms with E-state index >= 15 is 0 Å².